The highest BCUT2D eigenvalue weighted by molar-refractivity contribution is 9.09. The molecule has 4 nitrogen and oxygen atoms in total. The van der Waals surface area contributed by atoms with E-state index in [4.69, 9.17) is 0 Å². The van der Waals surface area contributed by atoms with E-state index in [1.54, 1.807) is 19.1 Å². The van der Waals surface area contributed by atoms with E-state index in [2.05, 4.69) is 15.9 Å². The Morgan fingerprint density at radius 1 is 1.53 bits per heavy atom. The van der Waals surface area contributed by atoms with Crippen LogP contribution in [0.15, 0.2) is 18.2 Å². The number of hydrogen-bond donors (Lipinski definition) is 0. The van der Waals surface area contributed by atoms with Gasteiger partial charge in [0.2, 0.25) is 0 Å². The normalized spacial score (nSPS) is 9.20. The SMILES string of the molecule is C.Cc1cccc([N+](=O)[O-])c1C(=O)CBr. The fourth-order valence-corrected chi connectivity index (χ4v) is 1.51. The minimum atomic E-state index is -0.539. The number of nitro groups is 1. The van der Waals surface area contributed by atoms with Gasteiger partial charge >= 0.3 is 0 Å². The highest BCUT2D eigenvalue weighted by atomic mass is 79.9. The molecule has 0 saturated carbocycles. The number of ketones is 1. The number of nitrogens with zero attached hydrogens (tertiary/aromatic N) is 1. The molecular formula is C10H12BrNO3. The largest absolute Gasteiger partial charge is 0.293 e. The molecule has 0 radical (unpaired) electrons. The standard InChI is InChI=1S/C9H8BrNO3.CH4/c1-6-3-2-4-7(11(13)14)9(6)8(12)5-10;/h2-4H,5H2,1H3;1H4. The van der Waals surface area contributed by atoms with E-state index in [1.807, 2.05) is 0 Å². The summed E-state index contributed by atoms with van der Waals surface area (Å²) in [6, 6.07) is 4.59. The Hall–Kier alpha value is -1.23. The lowest BCUT2D eigenvalue weighted by molar-refractivity contribution is -0.385. The summed E-state index contributed by atoms with van der Waals surface area (Å²) in [5.41, 5.74) is 0.687. The number of Topliss-reactive ketones (excluding diaryl/α,β-unsaturated/α-hetero) is 1. The van der Waals surface area contributed by atoms with Crippen molar-refractivity contribution in [2.45, 2.75) is 14.4 Å². The summed E-state index contributed by atoms with van der Waals surface area (Å²) in [4.78, 5) is 21.5. The summed E-state index contributed by atoms with van der Waals surface area (Å²) in [5.74, 6) is -0.269. The van der Waals surface area contributed by atoms with E-state index in [0.717, 1.165) is 0 Å². The first-order chi connectivity index (χ1) is 6.57. The van der Waals surface area contributed by atoms with Crippen molar-refractivity contribution in [2.24, 2.45) is 0 Å². The highest BCUT2D eigenvalue weighted by Crippen LogP contribution is 2.22. The van der Waals surface area contributed by atoms with Crippen LogP contribution < -0.4 is 0 Å². The van der Waals surface area contributed by atoms with Crippen LogP contribution in [0.3, 0.4) is 0 Å². The van der Waals surface area contributed by atoms with Crippen LogP contribution in [-0.2, 0) is 0 Å². The van der Waals surface area contributed by atoms with E-state index in [1.165, 1.54) is 6.07 Å². The van der Waals surface area contributed by atoms with Crippen LogP contribution in [0.2, 0.25) is 0 Å². The molecule has 5 heteroatoms. The van der Waals surface area contributed by atoms with E-state index >= 15 is 0 Å². The van der Waals surface area contributed by atoms with Crippen molar-refractivity contribution in [3.63, 3.8) is 0 Å². The average Bonchev–Trinajstić information content (AvgIpc) is 2.16. The van der Waals surface area contributed by atoms with Gasteiger partial charge in [0.1, 0.15) is 0 Å². The lowest BCUT2D eigenvalue weighted by Crippen LogP contribution is -2.07. The molecule has 0 heterocycles. The number of carbonyl (C=O) groups excluding carboxylic acids is 1. The van der Waals surface area contributed by atoms with Gasteiger partial charge in [-0.25, -0.2) is 0 Å². The fourth-order valence-electron chi connectivity index (χ4n) is 1.23. The van der Waals surface area contributed by atoms with Crippen LogP contribution in [0.4, 0.5) is 5.69 Å². The quantitative estimate of drug-likeness (QED) is 0.368. The minimum Gasteiger partial charge on any atom is -0.293 e. The van der Waals surface area contributed by atoms with Gasteiger partial charge in [0.15, 0.2) is 5.78 Å². The molecule has 0 bridgehead atoms. The van der Waals surface area contributed by atoms with Gasteiger partial charge in [-0.1, -0.05) is 35.5 Å². The highest BCUT2D eigenvalue weighted by Gasteiger charge is 2.20. The molecule has 0 aliphatic carbocycles. The van der Waals surface area contributed by atoms with Gasteiger partial charge in [-0.3, -0.25) is 14.9 Å². The number of alkyl halides is 1. The Bertz CT molecular complexity index is 390. The molecule has 0 N–H and O–H groups in total. The third-order valence-corrected chi connectivity index (χ3v) is 2.36. The van der Waals surface area contributed by atoms with Crippen LogP contribution in [-0.4, -0.2) is 16.0 Å². The first kappa shape index (κ1) is 13.8. The second-order valence-corrected chi connectivity index (χ2v) is 3.34. The van der Waals surface area contributed by atoms with Crippen molar-refractivity contribution in [3.8, 4) is 0 Å². The predicted octanol–water partition coefficient (Wildman–Crippen LogP) is 3.12. The molecule has 82 valence electrons. The molecule has 0 aromatic heterocycles. The first-order valence-electron chi connectivity index (χ1n) is 3.91. The van der Waals surface area contributed by atoms with Gasteiger partial charge in [-0.15, -0.1) is 0 Å². The van der Waals surface area contributed by atoms with E-state index in [0.29, 0.717) is 5.56 Å². The Balaban J connectivity index is 0.00000196. The molecule has 0 aliphatic heterocycles. The molecular weight excluding hydrogens is 262 g/mol. The Labute approximate surface area is 96.6 Å². The minimum absolute atomic E-state index is 0. The van der Waals surface area contributed by atoms with E-state index < -0.39 is 4.92 Å². The Morgan fingerprint density at radius 3 is 2.60 bits per heavy atom. The number of rotatable bonds is 3. The van der Waals surface area contributed by atoms with Gasteiger partial charge in [0.25, 0.3) is 5.69 Å². The van der Waals surface area contributed by atoms with Crippen molar-refractivity contribution in [2.75, 3.05) is 5.33 Å². The maximum absolute atomic E-state index is 11.4. The van der Waals surface area contributed by atoms with Gasteiger partial charge in [0, 0.05) is 6.07 Å². The van der Waals surface area contributed by atoms with Crippen LogP contribution in [0.5, 0.6) is 0 Å². The third-order valence-electron chi connectivity index (χ3n) is 1.85. The number of carbonyl (C=O) groups is 1. The molecule has 15 heavy (non-hydrogen) atoms. The monoisotopic (exact) mass is 273 g/mol. The van der Waals surface area contributed by atoms with Crippen LogP contribution in [0.25, 0.3) is 0 Å². The number of nitro benzene ring substituents is 1. The first-order valence-corrected chi connectivity index (χ1v) is 5.03. The molecule has 0 fully saturated rings. The van der Waals surface area contributed by atoms with Crippen molar-refractivity contribution >= 4 is 27.4 Å². The molecule has 0 unspecified atom stereocenters. The summed E-state index contributed by atoms with van der Waals surface area (Å²) < 4.78 is 0. The Morgan fingerprint density at radius 2 is 2.13 bits per heavy atom. The summed E-state index contributed by atoms with van der Waals surface area (Å²) in [7, 11) is 0. The van der Waals surface area contributed by atoms with Crippen molar-refractivity contribution in [1.29, 1.82) is 0 Å². The van der Waals surface area contributed by atoms with Crippen LogP contribution in [0.1, 0.15) is 23.3 Å². The second kappa shape index (κ2) is 5.60. The fraction of sp³-hybridized carbons (Fsp3) is 0.300. The summed E-state index contributed by atoms with van der Waals surface area (Å²) in [5, 5.41) is 10.7. The zero-order valence-electron chi connectivity index (χ0n) is 7.49. The van der Waals surface area contributed by atoms with Gasteiger partial charge in [-0.05, 0) is 12.5 Å². The average molecular weight is 274 g/mol. The predicted molar refractivity (Wildman–Crippen MR) is 62.7 cm³/mol. The molecule has 1 aromatic carbocycles. The molecule has 0 spiro atoms. The smallest absolute Gasteiger partial charge is 0.280 e. The second-order valence-electron chi connectivity index (χ2n) is 2.78. The van der Waals surface area contributed by atoms with Gasteiger partial charge in [-0.2, -0.15) is 0 Å². The molecule has 0 aliphatic rings. The number of hydrogen-bond acceptors (Lipinski definition) is 3. The van der Waals surface area contributed by atoms with Crippen molar-refractivity contribution < 1.29 is 9.72 Å². The maximum Gasteiger partial charge on any atom is 0.280 e. The van der Waals surface area contributed by atoms with Gasteiger partial charge in [0.05, 0.1) is 15.8 Å². The van der Waals surface area contributed by atoms with Crippen molar-refractivity contribution in [1.82, 2.24) is 0 Å². The van der Waals surface area contributed by atoms with Crippen LogP contribution in [0, 0.1) is 17.0 Å². The summed E-state index contributed by atoms with van der Waals surface area (Å²) in [6.45, 7) is 1.68. The molecule has 0 amide bonds. The number of halogens is 1. The van der Waals surface area contributed by atoms with E-state index in [9.17, 15) is 14.9 Å². The topological polar surface area (TPSA) is 60.2 Å². The zero-order valence-corrected chi connectivity index (χ0v) is 9.08. The molecule has 0 atom stereocenters. The van der Waals surface area contributed by atoms with Crippen LogP contribution >= 0.6 is 15.9 Å². The zero-order chi connectivity index (χ0) is 10.7. The maximum atomic E-state index is 11.4. The Kier molecular flexibility index (Phi) is 5.14. The van der Waals surface area contributed by atoms with E-state index in [-0.39, 0.29) is 29.8 Å². The lowest BCUT2D eigenvalue weighted by Gasteiger charge is -2.02. The lowest BCUT2D eigenvalue weighted by atomic mass is 10.0. The molecule has 1 aromatic rings. The van der Waals surface area contributed by atoms with Crippen molar-refractivity contribution in [3.05, 3.63) is 39.4 Å². The summed E-state index contributed by atoms with van der Waals surface area (Å²) >= 11 is 3.00. The number of benzene rings is 1. The number of aryl methyl sites for hydroxylation is 1. The third kappa shape index (κ3) is 2.86. The van der Waals surface area contributed by atoms with Gasteiger partial charge < -0.3 is 0 Å². The molecule has 1 rings (SSSR count). The summed E-state index contributed by atoms with van der Waals surface area (Å²) in [6.07, 6.45) is 0. The molecule has 0 saturated heterocycles.